The van der Waals surface area contributed by atoms with Crippen LogP contribution in [0.4, 0.5) is 17.6 Å². The van der Waals surface area contributed by atoms with Crippen molar-refractivity contribution in [3.05, 3.63) is 89.2 Å². The third-order valence-corrected chi connectivity index (χ3v) is 7.67. The molecule has 0 fully saturated rings. The van der Waals surface area contributed by atoms with E-state index in [9.17, 15) is 27.2 Å². The van der Waals surface area contributed by atoms with E-state index in [0.29, 0.717) is 26.1 Å². The summed E-state index contributed by atoms with van der Waals surface area (Å²) >= 11 is 0. The van der Waals surface area contributed by atoms with Crippen LogP contribution in [0, 0.1) is 5.82 Å². The van der Waals surface area contributed by atoms with Crippen LogP contribution in [-0.4, -0.2) is 37.4 Å². The highest BCUT2D eigenvalue weighted by Crippen LogP contribution is 2.29. The summed E-state index contributed by atoms with van der Waals surface area (Å²) in [6, 6.07) is 17.9. The van der Waals surface area contributed by atoms with Crippen molar-refractivity contribution < 1.29 is 41.4 Å². The van der Waals surface area contributed by atoms with Crippen LogP contribution in [0.25, 0.3) is 11.1 Å². The van der Waals surface area contributed by atoms with Gasteiger partial charge in [0, 0.05) is 19.3 Å². The standard InChI is InChI=1S/C37H44F4O5/c1-3-5-6-7-8-10-13-27-15-17-28(18-16-27)29-19-21-30(22-20-29)35(42)45-31-23-24-32(33(38)26-31)36(43)46-34(37(39,40)41)14-11-9-12-25-44-4-2/h15-24,26,34H,3-14,25H2,1-2H3/t34-/m1/s1. The van der Waals surface area contributed by atoms with Gasteiger partial charge >= 0.3 is 18.1 Å². The molecule has 9 heteroatoms. The minimum atomic E-state index is -4.80. The second kappa shape index (κ2) is 19.1. The molecule has 0 unspecified atom stereocenters. The maximum Gasteiger partial charge on any atom is 0.425 e. The Kier molecular flexibility index (Phi) is 15.2. The van der Waals surface area contributed by atoms with E-state index in [-0.39, 0.29) is 17.7 Å². The highest BCUT2D eigenvalue weighted by atomic mass is 19.4. The lowest BCUT2D eigenvalue weighted by Gasteiger charge is -2.21. The van der Waals surface area contributed by atoms with E-state index >= 15 is 0 Å². The number of esters is 2. The van der Waals surface area contributed by atoms with Crippen molar-refractivity contribution in [2.45, 2.75) is 96.8 Å². The van der Waals surface area contributed by atoms with E-state index in [1.807, 2.05) is 6.92 Å². The van der Waals surface area contributed by atoms with Crippen LogP contribution in [0.5, 0.6) is 5.75 Å². The Morgan fingerprint density at radius 2 is 1.37 bits per heavy atom. The lowest BCUT2D eigenvalue weighted by atomic mass is 10.00. The fourth-order valence-electron chi connectivity index (χ4n) is 5.00. The fourth-order valence-corrected chi connectivity index (χ4v) is 5.00. The van der Waals surface area contributed by atoms with Crippen molar-refractivity contribution in [3.63, 3.8) is 0 Å². The molecular weight excluding hydrogens is 600 g/mol. The van der Waals surface area contributed by atoms with Gasteiger partial charge in [-0.05, 0) is 80.0 Å². The predicted molar refractivity (Wildman–Crippen MR) is 171 cm³/mol. The number of rotatable bonds is 19. The van der Waals surface area contributed by atoms with E-state index in [4.69, 9.17) is 9.47 Å². The molecular formula is C37H44F4O5. The molecule has 1 atom stereocenters. The Balaban J connectivity index is 1.53. The molecule has 0 aliphatic carbocycles. The van der Waals surface area contributed by atoms with Crippen LogP contribution in [0.2, 0.25) is 0 Å². The number of alkyl halides is 3. The zero-order chi connectivity index (χ0) is 33.4. The van der Waals surface area contributed by atoms with Crippen molar-refractivity contribution >= 4 is 11.9 Å². The number of hydrogen-bond donors (Lipinski definition) is 0. The monoisotopic (exact) mass is 644 g/mol. The molecule has 0 saturated heterocycles. The number of halogens is 4. The molecule has 0 spiro atoms. The molecule has 0 aliphatic heterocycles. The Morgan fingerprint density at radius 3 is 2.00 bits per heavy atom. The summed E-state index contributed by atoms with van der Waals surface area (Å²) in [5, 5.41) is 0. The van der Waals surface area contributed by atoms with Gasteiger partial charge in [-0.15, -0.1) is 0 Å². The summed E-state index contributed by atoms with van der Waals surface area (Å²) in [6.07, 6.45) is 2.17. The quantitative estimate of drug-likeness (QED) is 0.0563. The maximum atomic E-state index is 14.7. The highest BCUT2D eigenvalue weighted by molar-refractivity contribution is 5.92. The normalized spacial score (nSPS) is 12.1. The van der Waals surface area contributed by atoms with E-state index in [2.05, 4.69) is 35.9 Å². The van der Waals surface area contributed by atoms with Crippen molar-refractivity contribution in [3.8, 4) is 16.9 Å². The van der Waals surface area contributed by atoms with E-state index < -0.39 is 42.0 Å². The summed E-state index contributed by atoms with van der Waals surface area (Å²) in [5.74, 6) is -3.57. The molecule has 5 nitrogen and oxygen atoms in total. The van der Waals surface area contributed by atoms with E-state index in [1.54, 1.807) is 24.3 Å². The third kappa shape index (κ3) is 12.2. The molecule has 0 amide bonds. The molecule has 46 heavy (non-hydrogen) atoms. The van der Waals surface area contributed by atoms with Gasteiger partial charge in [0.15, 0.2) is 6.10 Å². The molecule has 0 saturated carbocycles. The third-order valence-electron chi connectivity index (χ3n) is 7.67. The fraction of sp³-hybridized carbons (Fsp3) is 0.459. The Bertz CT molecular complexity index is 1350. The predicted octanol–water partition coefficient (Wildman–Crippen LogP) is 10.3. The molecule has 3 aromatic carbocycles. The number of hydrogen-bond acceptors (Lipinski definition) is 5. The van der Waals surface area contributed by atoms with E-state index in [0.717, 1.165) is 35.7 Å². The van der Waals surface area contributed by atoms with Crippen LogP contribution in [0.3, 0.4) is 0 Å². The lowest BCUT2D eigenvalue weighted by molar-refractivity contribution is -0.206. The lowest BCUT2D eigenvalue weighted by Crippen LogP contribution is -2.34. The smallest absolute Gasteiger partial charge is 0.425 e. The van der Waals surface area contributed by atoms with Crippen molar-refractivity contribution in [2.24, 2.45) is 0 Å². The van der Waals surface area contributed by atoms with Gasteiger partial charge < -0.3 is 14.2 Å². The number of carbonyl (C=O) groups is 2. The minimum absolute atomic E-state index is 0.161. The van der Waals surface area contributed by atoms with Gasteiger partial charge in [0.05, 0.1) is 11.1 Å². The Hall–Kier alpha value is -3.72. The summed E-state index contributed by atoms with van der Waals surface area (Å²) in [4.78, 5) is 25.1. The van der Waals surface area contributed by atoms with Gasteiger partial charge in [-0.25, -0.2) is 14.0 Å². The van der Waals surface area contributed by atoms with Crippen LogP contribution in [0.15, 0.2) is 66.7 Å². The highest BCUT2D eigenvalue weighted by Gasteiger charge is 2.42. The topological polar surface area (TPSA) is 61.8 Å². The van der Waals surface area contributed by atoms with Gasteiger partial charge in [-0.3, -0.25) is 0 Å². The first-order valence-electron chi connectivity index (χ1n) is 16.2. The van der Waals surface area contributed by atoms with Crippen molar-refractivity contribution in [1.82, 2.24) is 0 Å². The zero-order valence-electron chi connectivity index (χ0n) is 26.7. The van der Waals surface area contributed by atoms with Crippen LogP contribution >= 0.6 is 0 Å². The number of aryl methyl sites for hydroxylation is 1. The van der Waals surface area contributed by atoms with Gasteiger partial charge in [-0.2, -0.15) is 13.2 Å². The maximum absolute atomic E-state index is 14.7. The molecule has 3 rings (SSSR count). The Labute approximate surface area is 269 Å². The molecule has 0 bridgehead atoms. The number of unbranched alkanes of at least 4 members (excludes halogenated alkanes) is 7. The first-order chi connectivity index (χ1) is 22.1. The molecule has 0 N–H and O–H groups in total. The SMILES string of the molecule is CCCCCCCCc1ccc(-c2ccc(C(=O)Oc3ccc(C(=O)O[C@H](CCCCCOCC)C(F)(F)F)c(F)c3)cc2)cc1. The Morgan fingerprint density at radius 1 is 0.739 bits per heavy atom. The largest absolute Gasteiger partial charge is 0.449 e. The van der Waals surface area contributed by atoms with Crippen LogP contribution in [-0.2, 0) is 15.9 Å². The zero-order valence-corrected chi connectivity index (χ0v) is 26.7. The summed E-state index contributed by atoms with van der Waals surface area (Å²) in [6.45, 7) is 5.00. The first kappa shape index (κ1) is 36.7. The molecule has 0 aliphatic rings. The average Bonchev–Trinajstić information content (AvgIpc) is 3.03. The molecule has 0 heterocycles. The minimum Gasteiger partial charge on any atom is -0.449 e. The van der Waals surface area contributed by atoms with Gasteiger partial charge in [0.1, 0.15) is 11.6 Å². The number of benzene rings is 3. The summed E-state index contributed by atoms with van der Waals surface area (Å²) in [5.41, 5.74) is 2.74. The summed E-state index contributed by atoms with van der Waals surface area (Å²) < 4.78 is 70.2. The van der Waals surface area contributed by atoms with Crippen molar-refractivity contribution in [1.29, 1.82) is 0 Å². The number of carbonyl (C=O) groups excluding carboxylic acids is 2. The van der Waals surface area contributed by atoms with Crippen LogP contribution in [0.1, 0.15) is 104 Å². The summed E-state index contributed by atoms with van der Waals surface area (Å²) in [7, 11) is 0. The molecule has 250 valence electrons. The number of ether oxygens (including phenoxy) is 3. The first-order valence-corrected chi connectivity index (χ1v) is 16.2. The average molecular weight is 645 g/mol. The van der Waals surface area contributed by atoms with E-state index in [1.165, 1.54) is 44.1 Å². The molecule has 3 aromatic rings. The second-order valence-corrected chi connectivity index (χ2v) is 11.3. The molecule has 0 aromatic heterocycles. The molecule has 0 radical (unpaired) electrons. The van der Waals surface area contributed by atoms with Crippen molar-refractivity contribution in [2.75, 3.05) is 13.2 Å². The van der Waals surface area contributed by atoms with Gasteiger partial charge in [0.25, 0.3) is 0 Å². The van der Waals surface area contributed by atoms with Gasteiger partial charge in [0.2, 0.25) is 0 Å². The second-order valence-electron chi connectivity index (χ2n) is 11.3. The van der Waals surface area contributed by atoms with Crippen LogP contribution < -0.4 is 4.74 Å². The van der Waals surface area contributed by atoms with Gasteiger partial charge in [-0.1, -0.05) is 81.8 Å².